The maximum Gasteiger partial charge on any atom is 0.494 e. The van der Waals surface area contributed by atoms with Gasteiger partial charge in [0.1, 0.15) is 17.5 Å². The molecule has 8 heterocycles. The predicted octanol–water partition coefficient (Wildman–Crippen LogP) is 22.2. The standard InChI is InChI=1S/C53H34N8.C25H25BN2O2.C15H8Cl2N4.CH4/c1-3-15-39(16-4-1)59-47-25-13-9-21-43(47)54-51(59)37-31-27-35(28-32-37)49-56-50(58-53(57-49)61-45-23-11-7-19-41(45)42-20-8-12-24-46(42)61)36-29-33-38(34-30-36)52-55-44-22-10-14-26-48(44)60(52)40-17-5-2-6-18-40;1-24(2)25(3,4)30-26(29-24)19-16-14-18(15-17-19)23-27-21-12-8-9-13-22(21)28(23)20-10-6-5-7-11-20;16-13-18-14(17)20-15(19-13)21-11-7-3-1-5-9(11)10-6-2-4-8-12(10)21;/h1-34H;5-17H,1-4H3;1-8H;1H4. The largest absolute Gasteiger partial charge is 0.494 e. The van der Waals surface area contributed by atoms with Crippen molar-refractivity contribution in [2.45, 2.75) is 46.3 Å². The van der Waals surface area contributed by atoms with Crippen LogP contribution in [0.15, 0.2) is 334 Å². The van der Waals surface area contributed by atoms with Gasteiger partial charge in [0.25, 0.3) is 0 Å². The van der Waals surface area contributed by atoms with Gasteiger partial charge in [-0.25, -0.2) is 19.9 Å². The summed E-state index contributed by atoms with van der Waals surface area (Å²) in [5, 5.41) is 4.68. The van der Waals surface area contributed by atoms with Gasteiger partial charge in [-0.3, -0.25) is 22.8 Å². The van der Waals surface area contributed by atoms with Crippen molar-refractivity contribution in [1.82, 2.24) is 67.7 Å². The van der Waals surface area contributed by atoms with Crippen molar-refractivity contribution in [3.05, 3.63) is 344 Å². The van der Waals surface area contributed by atoms with Crippen LogP contribution in [0.2, 0.25) is 10.6 Å². The summed E-state index contributed by atoms with van der Waals surface area (Å²) in [5.41, 5.74) is 18.4. The Hall–Kier alpha value is -13.5. The molecule has 0 N–H and O–H groups in total. The van der Waals surface area contributed by atoms with Gasteiger partial charge in [-0.15, -0.1) is 0 Å². The van der Waals surface area contributed by atoms with Gasteiger partial charge >= 0.3 is 7.12 Å². The second-order valence-electron chi connectivity index (χ2n) is 28.3. The molecule has 13 aromatic carbocycles. The predicted molar refractivity (Wildman–Crippen MR) is 458 cm³/mol. The normalized spacial score (nSPS) is 13.0. The summed E-state index contributed by atoms with van der Waals surface area (Å²) in [7, 11) is -0.364. The Morgan fingerprint density at radius 3 is 0.850 bits per heavy atom. The molecule has 0 unspecified atom stereocenters. The highest BCUT2D eigenvalue weighted by Crippen LogP contribution is 2.40. The summed E-state index contributed by atoms with van der Waals surface area (Å²) in [4.78, 5) is 42.9. The van der Waals surface area contributed by atoms with Crippen molar-refractivity contribution in [1.29, 1.82) is 0 Å². The lowest BCUT2D eigenvalue weighted by atomic mass is 9.79. The van der Waals surface area contributed by atoms with E-state index in [4.69, 9.17) is 62.4 Å². The first-order chi connectivity index (χ1) is 54.8. The first-order valence-electron chi connectivity index (χ1n) is 36.9. The van der Waals surface area contributed by atoms with Gasteiger partial charge in [-0.2, -0.15) is 24.9 Å². The van der Waals surface area contributed by atoms with E-state index in [0.29, 0.717) is 23.5 Å². The molecule has 19 heteroatoms. The smallest absolute Gasteiger partial charge is 0.399 e. The van der Waals surface area contributed by atoms with Gasteiger partial charge in [0.05, 0.1) is 66.4 Å². The third-order valence-corrected chi connectivity index (χ3v) is 21.3. The van der Waals surface area contributed by atoms with Crippen molar-refractivity contribution in [3.8, 4) is 85.9 Å². The molecule has 1 saturated heterocycles. The van der Waals surface area contributed by atoms with Crippen molar-refractivity contribution in [2.75, 3.05) is 0 Å². The van der Waals surface area contributed by atoms with Crippen LogP contribution in [-0.4, -0.2) is 86.0 Å². The molecule has 16 nitrogen and oxygen atoms in total. The monoisotopic (exact) mass is 1510 g/mol. The summed E-state index contributed by atoms with van der Waals surface area (Å²) in [6, 6.07) is 114. The van der Waals surface area contributed by atoms with E-state index >= 15 is 0 Å². The number of nitrogens with zero attached hydrogens (tertiary/aromatic N) is 14. The van der Waals surface area contributed by atoms with Gasteiger partial charge < -0.3 is 9.31 Å². The fraction of sp³-hybridized carbons (Fsp3) is 0.0745. The van der Waals surface area contributed by atoms with E-state index < -0.39 is 0 Å². The second-order valence-corrected chi connectivity index (χ2v) is 29.0. The van der Waals surface area contributed by atoms with Gasteiger partial charge in [0.2, 0.25) is 22.5 Å². The first kappa shape index (κ1) is 71.1. The molecule has 20 aromatic rings. The SMILES string of the molecule is C.CC1(C)OB(c2ccc(-c3nc4ccccc4n3-c3ccccc3)cc2)OC1(C)C.Clc1nc(Cl)nc(-n2c3ccccc3c3ccccc32)n1.c1ccc(-n2c(-c3ccc(-c4nc(-c5ccc(-c6nc7ccccc7n6-c6ccccc6)cc5)nc(-n5c6ccccc6c6ccccc65)n4)cc3)nc3ccccc32)cc1. The maximum absolute atomic E-state index is 6.19. The number of para-hydroxylation sites is 13. The van der Waals surface area contributed by atoms with Crippen molar-refractivity contribution >= 4 is 112 Å². The highest BCUT2D eigenvalue weighted by molar-refractivity contribution is 6.62. The molecule has 0 aliphatic carbocycles. The van der Waals surface area contributed by atoms with Crippen LogP contribution in [-0.2, 0) is 9.31 Å². The lowest BCUT2D eigenvalue weighted by molar-refractivity contribution is 0.00578. The Morgan fingerprint density at radius 2 is 0.522 bits per heavy atom. The quantitative estimate of drug-likeness (QED) is 0.113. The number of halogens is 2. The molecule has 1 aliphatic heterocycles. The van der Waals surface area contributed by atoms with E-state index in [1.165, 1.54) is 0 Å². The minimum absolute atomic E-state index is 0. The van der Waals surface area contributed by atoms with Crippen LogP contribution in [0, 0.1) is 0 Å². The number of imidazole rings is 3. The lowest BCUT2D eigenvalue weighted by Crippen LogP contribution is -2.41. The fourth-order valence-electron chi connectivity index (χ4n) is 14.9. The van der Waals surface area contributed by atoms with Crippen LogP contribution in [0.3, 0.4) is 0 Å². The summed E-state index contributed by atoms with van der Waals surface area (Å²) in [5.74, 6) is 4.74. The number of hydrogen-bond acceptors (Lipinski definition) is 11. The molecule has 0 amide bonds. The Balaban J connectivity index is 0.000000141. The first-order valence-corrected chi connectivity index (χ1v) is 37.7. The molecule has 0 spiro atoms. The van der Waals surface area contributed by atoms with Gasteiger partial charge in [0.15, 0.2) is 11.6 Å². The number of aromatic nitrogens is 14. The zero-order valence-corrected chi connectivity index (χ0v) is 62.7. The van der Waals surface area contributed by atoms with E-state index in [1.54, 1.807) is 0 Å². The van der Waals surface area contributed by atoms with Crippen LogP contribution in [0.25, 0.3) is 163 Å². The lowest BCUT2D eigenvalue weighted by Gasteiger charge is -2.32. The summed E-state index contributed by atoms with van der Waals surface area (Å²) < 4.78 is 23.1. The number of rotatable bonds is 11. The summed E-state index contributed by atoms with van der Waals surface area (Å²) >= 11 is 11.8. The molecular weight excluding hydrogens is 1440 g/mol. The van der Waals surface area contributed by atoms with Crippen LogP contribution >= 0.6 is 23.2 Å². The van der Waals surface area contributed by atoms with Gasteiger partial charge in [-0.1, -0.05) is 244 Å². The van der Waals surface area contributed by atoms with E-state index in [1.807, 2.05) is 77.4 Å². The minimum Gasteiger partial charge on any atom is -0.399 e. The van der Waals surface area contributed by atoms with E-state index in [9.17, 15) is 0 Å². The molecule has 1 aliphatic rings. The average Bonchev–Trinajstić information content (AvgIpc) is 1.58. The second kappa shape index (κ2) is 29.4. The molecule has 0 atom stereocenters. The Bertz CT molecular complexity index is 6600. The summed E-state index contributed by atoms with van der Waals surface area (Å²) in [6.45, 7) is 8.29. The van der Waals surface area contributed by atoms with Gasteiger partial charge in [0, 0.05) is 66.4 Å². The molecule has 546 valence electrons. The number of fused-ring (bicyclic) bond motifs is 9. The summed E-state index contributed by atoms with van der Waals surface area (Å²) in [6.07, 6.45) is 0. The van der Waals surface area contributed by atoms with Crippen molar-refractivity contribution < 1.29 is 9.31 Å². The molecule has 0 radical (unpaired) electrons. The third kappa shape index (κ3) is 13.1. The fourth-order valence-corrected chi connectivity index (χ4v) is 15.2. The van der Waals surface area contributed by atoms with Crippen molar-refractivity contribution in [3.63, 3.8) is 0 Å². The van der Waals surface area contributed by atoms with Crippen LogP contribution in [0.4, 0.5) is 0 Å². The van der Waals surface area contributed by atoms with E-state index in [0.717, 1.165) is 145 Å². The Morgan fingerprint density at radius 1 is 0.257 bits per heavy atom. The Labute approximate surface area is 661 Å². The number of benzene rings is 13. The van der Waals surface area contributed by atoms with Gasteiger partial charge in [-0.05, 0) is 153 Å². The zero-order valence-electron chi connectivity index (χ0n) is 61.2. The zero-order chi connectivity index (χ0) is 75.6. The molecule has 0 saturated carbocycles. The highest BCUT2D eigenvalue weighted by Gasteiger charge is 2.51. The van der Waals surface area contributed by atoms with E-state index in [2.05, 4.69) is 322 Å². The van der Waals surface area contributed by atoms with E-state index in [-0.39, 0.29) is 36.3 Å². The highest BCUT2D eigenvalue weighted by atomic mass is 35.5. The number of hydrogen-bond donors (Lipinski definition) is 0. The van der Waals surface area contributed by atoms with Crippen LogP contribution < -0.4 is 5.46 Å². The van der Waals surface area contributed by atoms with Crippen LogP contribution in [0.1, 0.15) is 35.1 Å². The third-order valence-electron chi connectivity index (χ3n) is 21.0. The molecular formula is C94H71BCl2N14O2. The molecule has 21 rings (SSSR count). The minimum atomic E-state index is -0.364. The topological polar surface area (TPSA) is 159 Å². The maximum atomic E-state index is 6.19. The molecule has 7 aromatic heterocycles. The van der Waals surface area contributed by atoms with Crippen molar-refractivity contribution in [2.24, 2.45) is 0 Å². The molecule has 113 heavy (non-hydrogen) atoms. The Kier molecular flexibility index (Phi) is 18.5. The molecule has 1 fully saturated rings. The average molecular weight is 1510 g/mol. The molecule has 0 bridgehead atoms. The van der Waals surface area contributed by atoms with Crippen LogP contribution in [0.5, 0.6) is 0 Å².